The maximum Gasteiger partial charge on any atom is 0.330 e. The lowest BCUT2D eigenvalue weighted by atomic mass is 9.89. The van der Waals surface area contributed by atoms with Crippen LogP contribution >= 0.6 is 0 Å². The topological polar surface area (TPSA) is 41.6 Å². The van der Waals surface area contributed by atoms with Crippen LogP contribution in [0.2, 0.25) is 0 Å². The summed E-state index contributed by atoms with van der Waals surface area (Å²) in [5.41, 5.74) is -0.731. The zero-order chi connectivity index (χ0) is 15.5. The van der Waals surface area contributed by atoms with E-state index in [-0.39, 0.29) is 0 Å². The van der Waals surface area contributed by atoms with Gasteiger partial charge >= 0.3 is 5.97 Å². The number of rotatable bonds is 3. The van der Waals surface area contributed by atoms with Gasteiger partial charge in [0.2, 0.25) is 0 Å². The predicted molar refractivity (Wildman–Crippen MR) is 74.8 cm³/mol. The summed E-state index contributed by atoms with van der Waals surface area (Å²) < 4.78 is 31.6. The average Bonchev–Trinajstić information content (AvgIpc) is 2.77. The second kappa shape index (κ2) is 6.49. The molecule has 1 N–H and O–H groups in total. The molecule has 1 saturated heterocycles. The molecule has 0 bridgehead atoms. The molecule has 0 saturated carbocycles. The van der Waals surface area contributed by atoms with Crippen molar-refractivity contribution in [1.82, 2.24) is 10.2 Å². The van der Waals surface area contributed by atoms with Crippen molar-refractivity contribution in [3.63, 3.8) is 0 Å². The van der Waals surface area contributed by atoms with Gasteiger partial charge in [-0.3, -0.25) is 4.90 Å². The Labute approximate surface area is 123 Å². The van der Waals surface area contributed by atoms with Crippen LogP contribution in [0.15, 0.2) is 18.2 Å². The first-order valence-electron chi connectivity index (χ1n) is 7.00. The SMILES string of the molecule is COC(=O)C(C)(c1ccc(F)c(F)c1)N1CCCNCC1. The highest BCUT2D eigenvalue weighted by Crippen LogP contribution is 2.31. The minimum atomic E-state index is -1.13. The molecular weight excluding hydrogens is 278 g/mol. The average molecular weight is 298 g/mol. The fourth-order valence-electron chi connectivity index (χ4n) is 2.72. The summed E-state index contributed by atoms with van der Waals surface area (Å²) in [6.07, 6.45) is 0.871. The highest BCUT2D eigenvalue weighted by atomic mass is 19.2. The van der Waals surface area contributed by atoms with Crippen LogP contribution in [-0.4, -0.2) is 44.2 Å². The maximum atomic E-state index is 13.6. The monoisotopic (exact) mass is 298 g/mol. The number of nitrogens with zero attached hydrogens (tertiary/aromatic N) is 1. The third-order valence-corrected chi connectivity index (χ3v) is 4.04. The highest BCUT2D eigenvalue weighted by Gasteiger charge is 2.42. The third kappa shape index (κ3) is 3.06. The van der Waals surface area contributed by atoms with Gasteiger partial charge in [-0.15, -0.1) is 0 Å². The van der Waals surface area contributed by atoms with Crippen molar-refractivity contribution in [3.8, 4) is 0 Å². The molecule has 0 aliphatic carbocycles. The van der Waals surface area contributed by atoms with Gasteiger partial charge in [-0.05, 0) is 37.6 Å². The smallest absolute Gasteiger partial charge is 0.330 e. The number of carbonyl (C=O) groups is 1. The van der Waals surface area contributed by atoms with Crippen molar-refractivity contribution in [2.45, 2.75) is 18.9 Å². The molecule has 0 aromatic heterocycles. The lowest BCUT2D eigenvalue weighted by Gasteiger charge is -2.38. The van der Waals surface area contributed by atoms with E-state index >= 15 is 0 Å². The minimum absolute atomic E-state index is 0.398. The number of halogens is 2. The van der Waals surface area contributed by atoms with Gasteiger partial charge < -0.3 is 10.1 Å². The van der Waals surface area contributed by atoms with Crippen LogP contribution in [0.3, 0.4) is 0 Å². The fourth-order valence-corrected chi connectivity index (χ4v) is 2.72. The van der Waals surface area contributed by atoms with E-state index < -0.39 is 23.1 Å². The van der Waals surface area contributed by atoms with Crippen molar-refractivity contribution in [3.05, 3.63) is 35.4 Å². The third-order valence-electron chi connectivity index (χ3n) is 4.04. The first-order valence-corrected chi connectivity index (χ1v) is 7.00. The van der Waals surface area contributed by atoms with E-state index in [0.717, 1.165) is 31.6 Å². The standard InChI is InChI=1S/C15H20F2N2O2/c1-15(14(20)21-2,19-8-3-6-18-7-9-19)11-4-5-12(16)13(17)10-11/h4-5,10,18H,3,6-9H2,1-2H3. The zero-order valence-electron chi connectivity index (χ0n) is 12.3. The molecule has 116 valence electrons. The quantitative estimate of drug-likeness (QED) is 0.862. The number of hydrogen-bond acceptors (Lipinski definition) is 4. The van der Waals surface area contributed by atoms with Crippen LogP contribution in [0.1, 0.15) is 18.9 Å². The molecule has 4 nitrogen and oxygen atoms in total. The lowest BCUT2D eigenvalue weighted by Crippen LogP contribution is -2.51. The summed E-state index contributed by atoms with van der Waals surface area (Å²) >= 11 is 0. The molecule has 1 atom stereocenters. The first kappa shape index (κ1) is 15.9. The Morgan fingerprint density at radius 2 is 2.05 bits per heavy atom. The summed E-state index contributed by atoms with van der Waals surface area (Å²) in [4.78, 5) is 14.3. The molecule has 1 aromatic carbocycles. The molecule has 0 amide bonds. The van der Waals surface area contributed by atoms with Crippen LogP contribution in [0, 0.1) is 11.6 Å². The Kier molecular flexibility index (Phi) is 4.90. The van der Waals surface area contributed by atoms with E-state index in [1.807, 2.05) is 4.90 Å². The largest absolute Gasteiger partial charge is 0.467 e. The van der Waals surface area contributed by atoms with Crippen LogP contribution < -0.4 is 5.32 Å². The Balaban J connectivity index is 2.44. The van der Waals surface area contributed by atoms with E-state index in [1.54, 1.807) is 6.92 Å². The molecule has 1 aromatic rings. The van der Waals surface area contributed by atoms with Crippen LogP contribution in [-0.2, 0) is 15.1 Å². The Bertz CT molecular complexity index is 516. The Morgan fingerprint density at radius 1 is 1.29 bits per heavy atom. The number of esters is 1. The molecule has 1 aliphatic heterocycles. The van der Waals surface area contributed by atoms with Gasteiger partial charge in [-0.2, -0.15) is 0 Å². The van der Waals surface area contributed by atoms with Gasteiger partial charge in [0.1, 0.15) is 5.54 Å². The van der Waals surface area contributed by atoms with Crippen molar-refractivity contribution in [2.24, 2.45) is 0 Å². The van der Waals surface area contributed by atoms with E-state index in [2.05, 4.69) is 5.32 Å². The summed E-state index contributed by atoms with van der Waals surface area (Å²) in [5, 5.41) is 3.25. The number of methoxy groups -OCH3 is 1. The van der Waals surface area contributed by atoms with Crippen molar-refractivity contribution < 1.29 is 18.3 Å². The van der Waals surface area contributed by atoms with E-state index in [4.69, 9.17) is 4.74 Å². The zero-order valence-corrected chi connectivity index (χ0v) is 12.3. The Hall–Kier alpha value is -1.53. The van der Waals surface area contributed by atoms with Gasteiger partial charge in [0, 0.05) is 19.6 Å². The van der Waals surface area contributed by atoms with Gasteiger partial charge in [-0.1, -0.05) is 6.07 Å². The number of nitrogens with one attached hydrogen (secondary N) is 1. The van der Waals surface area contributed by atoms with Crippen molar-refractivity contribution >= 4 is 5.97 Å². The molecule has 6 heteroatoms. The molecule has 21 heavy (non-hydrogen) atoms. The predicted octanol–water partition coefficient (Wildman–Crippen LogP) is 1.65. The summed E-state index contributed by atoms with van der Waals surface area (Å²) in [6.45, 7) is 4.60. The molecule has 0 radical (unpaired) electrons. The normalized spacial score (nSPS) is 19.6. The van der Waals surface area contributed by atoms with Crippen LogP contribution in [0.4, 0.5) is 8.78 Å². The number of ether oxygens (including phenoxy) is 1. The summed E-state index contributed by atoms with van der Waals surface area (Å²) in [6, 6.07) is 3.56. The lowest BCUT2D eigenvalue weighted by molar-refractivity contribution is -0.155. The summed E-state index contributed by atoms with van der Waals surface area (Å²) in [5.74, 6) is -2.37. The Morgan fingerprint density at radius 3 is 2.71 bits per heavy atom. The second-order valence-corrected chi connectivity index (χ2v) is 5.28. The molecule has 1 aliphatic rings. The molecule has 1 unspecified atom stereocenters. The van der Waals surface area contributed by atoms with Gasteiger partial charge in [-0.25, -0.2) is 13.6 Å². The number of hydrogen-bond donors (Lipinski definition) is 1. The summed E-state index contributed by atoms with van der Waals surface area (Å²) in [7, 11) is 1.30. The van der Waals surface area contributed by atoms with E-state index in [9.17, 15) is 13.6 Å². The van der Waals surface area contributed by atoms with Gasteiger partial charge in [0.05, 0.1) is 7.11 Å². The minimum Gasteiger partial charge on any atom is -0.467 e. The second-order valence-electron chi connectivity index (χ2n) is 5.28. The van der Waals surface area contributed by atoms with Crippen LogP contribution in [0.25, 0.3) is 0 Å². The maximum absolute atomic E-state index is 13.6. The fraction of sp³-hybridized carbons (Fsp3) is 0.533. The number of benzene rings is 1. The molecule has 0 spiro atoms. The van der Waals surface area contributed by atoms with Crippen molar-refractivity contribution in [2.75, 3.05) is 33.3 Å². The molecule has 1 fully saturated rings. The number of carbonyl (C=O) groups excluding carboxylic acids is 1. The molecular formula is C15H20F2N2O2. The van der Waals surface area contributed by atoms with Gasteiger partial charge in [0.15, 0.2) is 11.6 Å². The molecule has 1 heterocycles. The van der Waals surface area contributed by atoms with Crippen LogP contribution in [0.5, 0.6) is 0 Å². The van der Waals surface area contributed by atoms with Gasteiger partial charge in [0.25, 0.3) is 0 Å². The van der Waals surface area contributed by atoms with Crippen molar-refractivity contribution in [1.29, 1.82) is 0 Å². The highest BCUT2D eigenvalue weighted by molar-refractivity contribution is 5.82. The van der Waals surface area contributed by atoms with E-state index in [1.165, 1.54) is 13.2 Å². The molecule has 2 rings (SSSR count). The first-order chi connectivity index (χ1) is 10.00. The van der Waals surface area contributed by atoms with E-state index in [0.29, 0.717) is 18.7 Å².